The van der Waals surface area contributed by atoms with Gasteiger partial charge in [0.1, 0.15) is 0 Å². The number of fused-ring (bicyclic) bond motifs is 6. The molecule has 2 N–H and O–H groups in total. The van der Waals surface area contributed by atoms with Crippen LogP contribution in [-0.4, -0.2) is 21.4 Å². The first kappa shape index (κ1) is 17.7. The molecule has 0 fully saturated rings. The molecule has 0 saturated carbocycles. The van der Waals surface area contributed by atoms with E-state index in [1.165, 1.54) is 55.4 Å². The van der Waals surface area contributed by atoms with E-state index in [2.05, 4.69) is 60.2 Å². The van der Waals surface area contributed by atoms with Crippen LogP contribution in [0.2, 0.25) is 0 Å². The Balaban J connectivity index is 1.47. The first-order valence-corrected chi connectivity index (χ1v) is 11.0. The molecule has 0 atom stereocenters. The third kappa shape index (κ3) is 2.74. The molecule has 4 heteroatoms. The van der Waals surface area contributed by atoms with Crippen LogP contribution in [0.5, 0.6) is 0 Å². The Hall–Kier alpha value is -3.14. The van der Waals surface area contributed by atoms with E-state index in [1.807, 2.05) is 0 Å². The lowest BCUT2D eigenvalue weighted by Crippen LogP contribution is -2.13. The molecule has 2 aliphatic rings. The van der Waals surface area contributed by atoms with Gasteiger partial charge in [-0.2, -0.15) is 10.2 Å². The van der Waals surface area contributed by atoms with Crippen molar-refractivity contribution in [1.29, 1.82) is 0 Å². The summed E-state index contributed by atoms with van der Waals surface area (Å²) in [6, 6.07) is 13.3. The molecule has 0 spiro atoms. The van der Waals surface area contributed by atoms with Gasteiger partial charge in [-0.1, -0.05) is 23.3 Å². The van der Waals surface area contributed by atoms with Crippen molar-refractivity contribution in [1.82, 2.24) is 9.97 Å². The van der Waals surface area contributed by atoms with Gasteiger partial charge >= 0.3 is 0 Å². The monoisotopic (exact) mass is 394 g/mol. The minimum absolute atomic E-state index is 0.982. The minimum atomic E-state index is 0.982. The van der Waals surface area contributed by atoms with E-state index in [4.69, 9.17) is 10.2 Å². The van der Waals surface area contributed by atoms with Crippen molar-refractivity contribution in [2.45, 2.75) is 52.4 Å². The molecular weight excluding hydrogens is 368 g/mol. The molecule has 2 aromatic heterocycles. The van der Waals surface area contributed by atoms with Crippen LogP contribution < -0.4 is 0 Å². The van der Waals surface area contributed by atoms with Crippen LogP contribution in [-0.2, 0) is 12.8 Å². The van der Waals surface area contributed by atoms with Gasteiger partial charge in [0.25, 0.3) is 0 Å². The minimum Gasteiger partial charge on any atom is -0.358 e. The van der Waals surface area contributed by atoms with E-state index < -0.39 is 0 Å². The molecule has 0 radical (unpaired) electrons. The molecule has 2 aromatic carbocycles. The summed E-state index contributed by atoms with van der Waals surface area (Å²) in [6.45, 7) is 4.31. The lowest BCUT2D eigenvalue weighted by atomic mass is 9.93. The second-order valence-electron chi connectivity index (χ2n) is 8.86. The van der Waals surface area contributed by atoms with Crippen molar-refractivity contribution >= 4 is 33.2 Å². The predicted molar refractivity (Wildman–Crippen MR) is 125 cm³/mol. The van der Waals surface area contributed by atoms with Crippen molar-refractivity contribution in [2.24, 2.45) is 10.2 Å². The number of rotatable bonds is 1. The molecular formula is C26H26N4. The highest BCUT2D eigenvalue weighted by atomic mass is 15.2. The van der Waals surface area contributed by atoms with Crippen LogP contribution in [0.3, 0.4) is 0 Å². The van der Waals surface area contributed by atoms with Gasteiger partial charge < -0.3 is 9.97 Å². The van der Waals surface area contributed by atoms with Crippen LogP contribution in [0.1, 0.15) is 59.3 Å². The highest BCUT2D eigenvalue weighted by Crippen LogP contribution is 2.32. The first-order valence-electron chi connectivity index (χ1n) is 11.0. The molecule has 0 amide bonds. The highest BCUT2D eigenvalue weighted by molar-refractivity contribution is 6.13. The molecule has 0 unspecified atom stereocenters. The number of hydrogen-bond acceptors (Lipinski definition) is 2. The molecule has 0 aliphatic heterocycles. The summed E-state index contributed by atoms with van der Waals surface area (Å²) >= 11 is 0. The SMILES string of the molecule is Cc1ccc2[nH]c3c(c2c1)CCC/C3=N/N=C1/CCCc2[nH]c3ccc(C)cc3c21. The summed E-state index contributed by atoms with van der Waals surface area (Å²) < 4.78 is 0. The molecule has 0 bridgehead atoms. The van der Waals surface area contributed by atoms with Crippen LogP contribution in [0.4, 0.5) is 0 Å². The quantitative estimate of drug-likeness (QED) is 0.365. The molecule has 150 valence electrons. The molecule has 2 heterocycles. The largest absolute Gasteiger partial charge is 0.358 e. The molecule has 0 saturated heterocycles. The predicted octanol–water partition coefficient (Wildman–Crippen LogP) is 6.13. The van der Waals surface area contributed by atoms with Crippen molar-refractivity contribution in [2.75, 3.05) is 0 Å². The van der Waals surface area contributed by atoms with Crippen molar-refractivity contribution in [3.8, 4) is 0 Å². The smallest absolute Gasteiger partial charge is 0.0868 e. The van der Waals surface area contributed by atoms with E-state index in [1.54, 1.807) is 0 Å². The summed E-state index contributed by atoms with van der Waals surface area (Å²) in [5, 5.41) is 12.3. The third-order valence-corrected chi connectivity index (χ3v) is 6.64. The maximum absolute atomic E-state index is 4.85. The van der Waals surface area contributed by atoms with Crippen LogP contribution in [0.25, 0.3) is 21.8 Å². The highest BCUT2D eigenvalue weighted by Gasteiger charge is 2.23. The van der Waals surface area contributed by atoms with E-state index in [0.29, 0.717) is 0 Å². The third-order valence-electron chi connectivity index (χ3n) is 6.64. The summed E-state index contributed by atoms with van der Waals surface area (Å²) in [5.41, 5.74) is 12.4. The zero-order chi connectivity index (χ0) is 20.2. The normalized spacial score (nSPS) is 19.0. The maximum atomic E-state index is 4.85. The first-order chi connectivity index (χ1) is 14.7. The molecule has 4 aromatic rings. The summed E-state index contributed by atoms with van der Waals surface area (Å²) in [6.07, 6.45) is 6.43. The number of nitrogens with zero attached hydrogens (tertiary/aromatic N) is 2. The molecule has 30 heavy (non-hydrogen) atoms. The van der Waals surface area contributed by atoms with Gasteiger partial charge in [-0.3, -0.25) is 0 Å². The second kappa shape index (κ2) is 6.69. The Morgan fingerprint density at radius 3 is 2.20 bits per heavy atom. The van der Waals surface area contributed by atoms with Gasteiger partial charge in [0, 0.05) is 33.1 Å². The number of aromatic amines is 2. The second-order valence-corrected chi connectivity index (χ2v) is 8.86. The Labute approximate surface area is 176 Å². The van der Waals surface area contributed by atoms with E-state index >= 15 is 0 Å². The zero-order valence-electron chi connectivity index (χ0n) is 17.6. The van der Waals surface area contributed by atoms with Gasteiger partial charge in [-0.25, -0.2) is 0 Å². The van der Waals surface area contributed by atoms with Crippen molar-refractivity contribution in [3.05, 3.63) is 70.0 Å². The standard InChI is InChI=1S/C26H26N4/c1-15-9-11-20-18(13-15)17-5-3-8-24(26(17)28-20)30-29-23-7-4-6-22-25(23)19-14-16(2)10-12-21(19)27-22/h9-14,27-28H,3-8H2,1-2H3/b29-23-,30-24-. The fourth-order valence-electron chi connectivity index (χ4n) is 5.18. The summed E-state index contributed by atoms with van der Waals surface area (Å²) in [5.74, 6) is 0. The van der Waals surface area contributed by atoms with Gasteiger partial charge in [-0.15, -0.1) is 0 Å². The molecule has 6 rings (SSSR count). The van der Waals surface area contributed by atoms with Gasteiger partial charge in [-0.05, 0) is 82.2 Å². The Kier molecular flexibility index (Phi) is 3.95. The summed E-state index contributed by atoms with van der Waals surface area (Å²) in [4.78, 5) is 7.24. The van der Waals surface area contributed by atoms with Gasteiger partial charge in [0.2, 0.25) is 0 Å². The average Bonchev–Trinajstić information content (AvgIpc) is 3.30. The topological polar surface area (TPSA) is 56.3 Å². The number of hydrogen-bond donors (Lipinski definition) is 2. The Morgan fingerprint density at radius 1 is 0.700 bits per heavy atom. The van der Waals surface area contributed by atoms with Crippen LogP contribution in [0, 0.1) is 13.8 Å². The Bertz CT molecular complexity index is 1360. The van der Waals surface area contributed by atoms with E-state index in [0.717, 1.165) is 49.9 Å². The Morgan fingerprint density at radius 2 is 1.37 bits per heavy atom. The van der Waals surface area contributed by atoms with Crippen molar-refractivity contribution < 1.29 is 0 Å². The lowest BCUT2D eigenvalue weighted by Gasteiger charge is -2.15. The fraction of sp³-hybridized carbons (Fsp3) is 0.308. The van der Waals surface area contributed by atoms with Gasteiger partial charge in [0.05, 0.1) is 17.1 Å². The molecule has 2 aliphatic carbocycles. The average molecular weight is 395 g/mol. The number of H-pyrrole nitrogens is 2. The molecule has 4 nitrogen and oxygen atoms in total. The van der Waals surface area contributed by atoms with E-state index in [-0.39, 0.29) is 0 Å². The van der Waals surface area contributed by atoms with Crippen LogP contribution >= 0.6 is 0 Å². The van der Waals surface area contributed by atoms with Crippen LogP contribution in [0.15, 0.2) is 46.6 Å². The number of benzene rings is 2. The number of aromatic nitrogens is 2. The maximum Gasteiger partial charge on any atom is 0.0868 e. The number of aryl methyl sites for hydroxylation is 4. The summed E-state index contributed by atoms with van der Waals surface area (Å²) in [7, 11) is 0. The zero-order valence-corrected chi connectivity index (χ0v) is 17.6. The van der Waals surface area contributed by atoms with Gasteiger partial charge in [0.15, 0.2) is 0 Å². The fourth-order valence-corrected chi connectivity index (χ4v) is 5.18. The lowest BCUT2D eigenvalue weighted by molar-refractivity contribution is 0.815. The van der Waals surface area contributed by atoms with Crippen molar-refractivity contribution in [3.63, 3.8) is 0 Å². The number of nitrogens with one attached hydrogen (secondary N) is 2. The van der Waals surface area contributed by atoms with E-state index in [9.17, 15) is 0 Å².